The van der Waals surface area contributed by atoms with Crippen molar-refractivity contribution in [1.82, 2.24) is 10.6 Å². The average molecular weight is 428 g/mol. The maximum Gasteiger partial charge on any atom is 0.220 e. The van der Waals surface area contributed by atoms with E-state index >= 15 is 0 Å². The van der Waals surface area contributed by atoms with Crippen LogP contribution in [0.2, 0.25) is 0 Å². The van der Waals surface area contributed by atoms with E-state index < -0.39 is 23.8 Å². The van der Waals surface area contributed by atoms with Gasteiger partial charge in [0.15, 0.2) is 0 Å². The molecule has 0 saturated carbocycles. The fourth-order valence-corrected chi connectivity index (χ4v) is 3.35. The molecule has 1 amide bonds. The number of aliphatic hydroxyl groups excluding tert-OH is 1. The summed E-state index contributed by atoms with van der Waals surface area (Å²) < 4.78 is 32.4. The molecule has 5 nitrogen and oxygen atoms in total. The van der Waals surface area contributed by atoms with E-state index in [1.54, 1.807) is 18.4 Å². The first-order valence-corrected chi connectivity index (χ1v) is 10.2. The molecule has 164 valence electrons. The molecule has 3 N–H and O–H groups in total. The highest BCUT2D eigenvalue weighted by Gasteiger charge is 2.22. The summed E-state index contributed by atoms with van der Waals surface area (Å²) in [5.41, 5.74) is 1.39. The van der Waals surface area contributed by atoms with E-state index in [1.807, 2.05) is 30.3 Å². The van der Waals surface area contributed by atoms with Gasteiger partial charge in [0.2, 0.25) is 5.91 Å². The number of furan rings is 1. The van der Waals surface area contributed by atoms with E-state index in [2.05, 4.69) is 10.6 Å². The minimum atomic E-state index is -0.970. The Balaban J connectivity index is 1.61. The number of halogens is 2. The maximum absolute atomic E-state index is 13.6. The van der Waals surface area contributed by atoms with E-state index in [4.69, 9.17) is 4.42 Å². The Labute approximate surface area is 180 Å². The van der Waals surface area contributed by atoms with Gasteiger partial charge in [-0.15, -0.1) is 0 Å². The van der Waals surface area contributed by atoms with E-state index in [0.29, 0.717) is 24.3 Å². The zero-order chi connectivity index (χ0) is 22.1. The summed E-state index contributed by atoms with van der Waals surface area (Å²) in [5, 5.41) is 16.6. The van der Waals surface area contributed by atoms with Crippen LogP contribution in [0.1, 0.15) is 23.3 Å². The van der Waals surface area contributed by atoms with Gasteiger partial charge in [-0.25, -0.2) is 8.78 Å². The Morgan fingerprint density at radius 3 is 2.42 bits per heavy atom. The fourth-order valence-electron chi connectivity index (χ4n) is 3.35. The smallest absolute Gasteiger partial charge is 0.220 e. The SMILES string of the molecule is O=C(CCc1ccccc1)NC(Cc1cc(F)cc(F)c1)C(O)CNCc1ccco1. The molecule has 0 fully saturated rings. The quantitative estimate of drug-likeness (QED) is 0.438. The lowest BCUT2D eigenvalue weighted by Gasteiger charge is -2.25. The number of aryl methyl sites for hydroxylation is 1. The molecule has 31 heavy (non-hydrogen) atoms. The minimum Gasteiger partial charge on any atom is -0.468 e. The summed E-state index contributed by atoms with van der Waals surface area (Å²) in [4.78, 5) is 12.5. The topological polar surface area (TPSA) is 74.5 Å². The van der Waals surface area contributed by atoms with Gasteiger partial charge in [-0.2, -0.15) is 0 Å². The van der Waals surface area contributed by atoms with E-state index in [0.717, 1.165) is 11.6 Å². The van der Waals surface area contributed by atoms with E-state index in [1.165, 1.54) is 12.1 Å². The number of hydrogen-bond acceptors (Lipinski definition) is 4. The molecular weight excluding hydrogens is 402 g/mol. The van der Waals surface area contributed by atoms with Crippen molar-refractivity contribution in [3.63, 3.8) is 0 Å². The number of rotatable bonds is 11. The molecule has 0 aliphatic heterocycles. The lowest BCUT2D eigenvalue weighted by molar-refractivity contribution is -0.122. The summed E-state index contributed by atoms with van der Waals surface area (Å²) in [6, 6.07) is 15.6. The second-order valence-corrected chi connectivity index (χ2v) is 7.42. The van der Waals surface area contributed by atoms with Gasteiger partial charge in [0, 0.05) is 19.0 Å². The third-order valence-corrected chi connectivity index (χ3v) is 4.91. The minimum absolute atomic E-state index is 0.0926. The summed E-state index contributed by atoms with van der Waals surface area (Å²) in [7, 11) is 0. The van der Waals surface area contributed by atoms with Gasteiger partial charge in [-0.05, 0) is 48.2 Å². The molecule has 3 aromatic rings. The molecule has 0 radical (unpaired) electrons. The van der Waals surface area contributed by atoms with Crippen molar-refractivity contribution >= 4 is 5.91 Å². The van der Waals surface area contributed by atoms with Crippen LogP contribution in [0, 0.1) is 11.6 Å². The van der Waals surface area contributed by atoms with E-state index in [9.17, 15) is 18.7 Å². The van der Waals surface area contributed by atoms with Crippen LogP contribution in [0.15, 0.2) is 71.3 Å². The Bertz CT molecular complexity index is 928. The number of nitrogens with one attached hydrogen (secondary N) is 2. The van der Waals surface area contributed by atoms with Crippen molar-refractivity contribution in [2.24, 2.45) is 0 Å². The highest BCUT2D eigenvalue weighted by atomic mass is 19.1. The molecule has 7 heteroatoms. The Kier molecular flexibility index (Phi) is 8.32. The number of amides is 1. The predicted octanol–water partition coefficient (Wildman–Crippen LogP) is 3.37. The normalized spacial score (nSPS) is 13.0. The molecule has 0 aliphatic carbocycles. The molecule has 0 bridgehead atoms. The van der Waals surface area contributed by atoms with Crippen LogP contribution in [0.25, 0.3) is 0 Å². The van der Waals surface area contributed by atoms with Crippen molar-refractivity contribution in [2.45, 2.75) is 38.0 Å². The molecule has 1 aromatic heterocycles. The van der Waals surface area contributed by atoms with Gasteiger partial charge in [0.25, 0.3) is 0 Å². The predicted molar refractivity (Wildman–Crippen MR) is 113 cm³/mol. The zero-order valence-electron chi connectivity index (χ0n) is 17.1. The van der Waals surface area contributed by atoms with Crippen LogP contribution >= 0.6 is 0 Å². The molecule has 0 saturated heterocycles. The van der Waals surface area contributed by atoms with Gasteiger partial charge in [0.1, 0.15) is 17.4 Å². The number of aliphatic hydroxyl groups is 1. The Hall–Kier alpha value is -3.03. The lowest BCUT2D eigenvalue weighted by atomic mass is 10.00. The third kappa shape index (κ3) is 7.62. The lowest BCUT2D eigenvalue weighted by Crippen LogP contribution is -2.48. The summed E-state index contributed by atoms with van der Waals surface area (Å²) in [5.74, 6) is -0.928. The Morgan fingerprint density at radius 2 is 1.74 bits per heavy atom. The van der Waals surface area contributed by atoms with Gasteiger partial charge < -0.3 is 20.2 Å². The molecule has 2 unspecified atom stereocenters. The van der Waals surface area contributed by atoms with Crippen molar-refractivity contribution in [1.29, 1.82) is 0 Å². The van der Waals surface area contributed by atoms with Crippen molar-refractivity contribution in [3.05, 3.63) is 95.4 Å². The highest BCUT2D eigenvalue weighted by Crippen LogP contribution is 2.13. The maximum atomic E-state index is 13.6. The third-order valence-electron chi connectivity index (χ3n) is 4.91. The van der Waals surface area contributed by atoms with Gasteiger partial charge in [-0.1, -0.05) is 30.3 Å². The first-order valence-electron chi connectivity index (χ1n) is 10.2. The van der Waals surface area contributed by atoms with Crippen LogP contribution in [0.3, 0.4) is 0 Å². The highest BCUT2D eigenvalue weighted by molar-refractivity contribution is 5.76. The number of carbonyl (C=O) groups excluding carboxylic acids is 1. The molecule has 0 spiro atoms. The van der Waals surface area contributed by atoms with Crippen LogP contribution in [0.4, 0.5) is 8.78 Å². The van der Waals surface area contributed by atoms with Gasteiger partial charge in [-0.3, -0.25) is 4.79 Å². The molecule has 2 aromatic carbocycles. The number of hydrogen-bond donors (Lipinski definition) is 3. The second kappa shape index (κ2) is 11.4. The van der Waals surface area contributed by atoms with Crippen LogP contribution < -0.4 is 10.6 Å². The van der Waals surface area contributed by atoms with Crippen molar-refractivity contribution in [2.75, 3.05) is 6.54 Å². The molecule has 1 heterocycles. The first-order chi connectivity index (χ1) is 15.0. The molecule has 0 aliphatic rings. The average Bonchev–Trinajstić information content (AvgIpc) is 3.25. The fraction of sp³-hybridized carbons (Fsp3) is 0.292. The summed E-state index contributed by atoms with van der Waals surface area (Å²) >= 11 is 0. The van der Waals surface area contributed by atoms with E-state index in [-0.39, 0.29) is 25.3 Å². The van der Waals surface area contributed by atoms with Crippen LogP contribution in [-0.2, 0) is 24.2 Å². The van der Waals surface area contributed by atoms with Crippen molar-refractivity contribution < 1.29 is 23.1 Å². The first kappa shape index (κ1) is 22.7. The number of carbonyl (C=O) groups is 1. The van der Waals surface area contributed by atoms with Crippen LogP contribution in [0.5, 0.6) is 0 Å². The molecule has 2 atom stereocenters. The van der Waals surface area contributed by atoms with Crippen molar-refractivity contribution in [3.8, 4) is 0 Å². The summed E-state index contributed by atoms with van der Waals surface area (Å²) in [6.07, 6.45) is 1.48. The standard InChI is InChI=1S/C24H26F2N2O3/c25-19-11-18(12-20(26)14-19)13-22(23(29)16-27-15-21-7-4-10-31-21)28-24(30)9-8-17-5-2-1-3-6-17/h1-7,10-12,14,22-23,27,29H,8-9,13,15-16H2,(H,28,30). The monoisotopic (exact) mass is 428 g/mol. The van der Waals surface area contributed by atoms with Gasteiger partial charge >= 0.3 is 0 Å². The van der Waals surface area contributed by atoms with Crippen LogP contribution in [-0.4, -0.2) is 29.7 Å². The zero-order valence-corrected chi connectivity index (χ0v) is 17.1. The molecular formula is C24H26F2N2O3. The largest absolute Gasteiger partial charge is 0.468 e. The summed E-state index contributed by atoms with van der Waals surface area (Å²) in [6.45, 7) is 0.579. The second-order valence-electron chi connectivity index (χ2n) is 7.42. The van der Waals surface area contributed by atoms with Gasteiger partial charge in [0.05, 0.1) is 25.0 Å². The molecule has 3 rings (SSSR count). The Morgan fingerprint density at radius 1 is 1.00 bits per heavy atom. The number of benzene rings is 2.